The molecular formula is C16H22BrNO. The lowest BCUT2D eigenvalue weighted by atomic mass is 9.90. The molecule has 1 atom stereocenters. The van der Waals surface area contributed by atoms with Crippen LogP contribution in [0.1, 0.15) is 38.2 Å². The fraction of sp³-hybridized carbons (Fsp3) is 0.625. The smallest absolute Gasteiger partial charge is 0.0826 e. The van der Waals surface area contributed by atoms with Crippen LogP contribution in [0.4, 0.5) is 0 Å². The molecule has 1 aliphatic carbocycles. The monoisotopic (exact) mass is 323 g/mol. The van der Waals surface area contributed by atoms with Gasteiger partial charge >= 0.3 is 0 Å². The van der Waals surface area contributed by atoms with Gasteiger partial charge in [0.25, 0.3) is 0 Å². The van der Waals surface area contributed by atoms with Crippen molar-refractivity contribution >= 4 is 15.9 Å². The van der Waals surface area contributed by atoms with Crippen molar-refractivity contribution < 1.29 is 4.74 Å². The minimum absolute atomic E-state index is 0.0730. The van der Waals surface area contributed by atoms with E-state index in [9.17, 15) is 0 Å². The molecule has 1 saturated carbocycles. The Bertz CT molecular complexity index is 439. The van der Waals surface area contributed by atoms with Crippen LogP contribution in [-0.4, -0.2) is 24.3 Å². The van der Waals surface area contributed by atoms with Gasteiger partial charge in [0.1, 0.15) is 0 Å². The van der Waals surface area contributed by atoms with E-state index in [1.54, 1.807) is 0 Å². The molecule has 19 heavy (non-hydrogen) atoms. The van der Waals surface area contributed by atoms with Crippen molar-refractivity contribution in [3.8, 4) is 0 Å². The van der Waals surface area contributed by atoms with Crippen LogP contribution in [0.5, 0.6) is 0 Å². The molecule has 0 radical (unpaired) electrons. The summed E-state index contributed by atoms with van der Waals surface area (Å²) < 4.78 is 7.72. The van der Waals surface area contributed by atoms with Crippen molar-refractivity contribution in [1.29, 1.82) is 0 Å². The fourth-order valence-corrected chi connectivity index (χ4v) is 3.84. The summed E-state index contributed by atoms with van der Waals surface area (Å²) in [6, 6.07) is 8.60. The van der Waals surface area contributed by atoms with Crippen LogP contribution in [0.15, 0.2) is 28.7 Å². The molecule has 1 aromatic carbocycles. The number of morpholine rings is 1. The molecule has 3 heteroatoms. The van der Waals surface area contributed by atoms with Gasteiger partial charge in [0.2, 0.25) is 0 Å². The molecular weight excluding hydrogens is 302 g/mol. The highest BCUT2D eigenvalue weighted by Crippen LogP contribution is 2.39. The van der Waals surface area contributed by atoms with Gasteiger partial charge in [0, 0.05) is 24.0 Å². The van der Waals surface area contributed by atoms with Crippen molar-refractivity contribution in [2.75, 3.05) is 13.1 Å². The summed E-state index contributed by atoms with van der Waals surface area (Å²) in [5, 5.41) is 3.61. The van der Waals surface area contributed by atoms with Crippen LogP contribution >= 0.6 is 15.9 Å². The predicted octanol–water partition coefficient (Wildman–Crippen LogP) is 3.68. The largest absolute Gasteiger partial charge is 0.366 e. The summed E-state index contributed by atoms with van der Waals surface area (Å²) >= 11 is 3.49. The van der Waals surface area contributed by atoms with Crippen molar-refractivity contribution in [1.82, 2.24) is 5.32 Å². The highest BCUT2D eigenvalue weighted by Gasteiger charge is 2.44. The van der Waals surface area contributed by atoms with E-state index < -0.39 is 0 Å². The second-order valence-electron chi connectivity index (χ2n) is 6.35. The zero-order valence-corrected chi connectivity index (χ0v) is 13.1. The van der Waals surface area contributed by atoms with Gasteiger partial charge < -0.3 is 10.1 Å². The Balaban J connectivity index is 1.73. The third kappa shape index (κ3) is 3.04. The van der Waals surface area contributed by atoms with Gasteiger partial charge in [-0.3, -0.25) is 0 Å². The lowest BCUT2D eigenvalue weighted by Crippen LogP contribution is -2.59. The first kappa shape index (κ1) is 13.6. The van der Waals surface area contributed by atoms with E-state index in [0.717, 1.165) is 24.0 Å². The van der Waals surface area contributed by atoms with Crippen LogP contribution in [0.2, 0.25) is 0 Å². The molecule has 1 aliphatic heterocycles. The Morgan fingerprint density at radius 3 is 2.53 bits per heavy atom. The SMILES string of the molecule is CC1(Cc2ccc(Br)cc2)CNCC2(CCCC2)O1. The number of hydrogen-bond acceptors (Lipinski definition) is 2. The first-order chi connectivity index (χ1) is 9.09. The summed E-state index contributed by atoms with van der Waals surface area (Å²) in [6.07, 6.45) is 6.05. The zero-order valence-electron chi connectivity index (χ0n) is 11.5. The van der Waals surface area contributed by atoms with E-state index in [1.165, 1.54) is 31.2 Å². The second kappa shape index (κ2) is 5.19. The highest BCUT2D eigenvalue weighted by atomic mass is 79.9. The molecule has 1 unspecified atom stereocenters. The molecule has 0 amide bonds. The second-order valence-corrected chi connectivity index (χ2v) is 7.26. The summed E-state index contributed by atoms with van der Waals surface area (Å²) in [4.78, 5) is 0. The lowest BCUT2D eigenvalue weighted by Gasteiger charge is -2.46. The quantitative estimate of drug-likeness (QED) is 0.896. The van der Waals surface area contributed by atoms with Crippen LogP contribution in [-0.2, 0) is 11.2 Å². The molecule has 2 fully saturated rings. The maximum Gasteiger partial charge on any atom is 0.0826 e. The molecule has 2 aliphatic rings. The van der Waals surface area contributed by atoms with Crippen LogP contribution < -0.4 is 5.32 Å². The number of ether oxygens (including phenoxy) is 1. The normalized spacial score (nSPS) is 29.8. The van der Waals surface area contributed by atoms with E-state index in [-0.39, 0.29) is 11.2 Å². The van der Waals surface area contributed by atoms with Crippen LogP contribution in [0.25, 0.3) is 0 Å². The van der Waals surface area contributed by atoms with Gasteiger partial charge in [0.05, 0.1) is 11.2 Å². The lowest BCUT2D eigenvalue weighted by molar-refractivity contribution is -0.166. The molecule has 0 aromatic heterocycles. The van der Waals surface area contributed by atoms with Gasteiger partial charge in [-0.25, -0.2) is 0 Å². The molecule has 1 spiro atoms. The van der Waals surface area contributed by atoms with Crippen LogP contribution in [0, 0.1) is 0 Å². The van der Waals surface area contributed by atoms with Crippen molar-refractivity contribution in [2.45, 2.75) is 50.2 Å². The Morgan fingerprint density at radius 2 is 1.84 bits per heavy atom. The van der Waals surface area contributed by atoms with E-state index in [2.05, 4.69) is 52.4 Å². The molecule has 104 valence electrons. The number of nitrogens with one attached hydrogen (secondary N) is 1. The van der Waals surface area contributed by atoms with Gasteiger partial charge in [-0.05, 0) is 37.5 Å². The third-order valence-corrected chi connectivity index (χ3v) is 4.94. The zero-order chi connectivity index (χ0) is 13.3. The third-order valence-electron chi connectivity index (χ3n) is 4.42. The van der Waals surface area contributed by atoms with Gasteiger partial charge in [-0.2, -0.15) is 0 Å². The van der Waals surface area contributed by atoms with E-state index in [0.29, 0.717) is 0 Å². The number of rotatable bonds is 2. The van der Waals surface area contributed by atoms with Crippen molar-refractivity contribution in [3.05, 3.63) is 34.3 Å². The predicted molar refractivity (Wildman–Crippen MR) is 81.4 cm³/mol. The Hall–Kier alpha value is -0.380. The minimum atomic E-state index is -0.0730. The maximum absolute atomic E-state index is 6.58. The Morgan fingerprint density at radius 1 is 1.16 bits per heavy atom. The minimum Gasteiger partial charge on any atom is -0.366 e. The van der Waals surface area contributed by atoms with Crippen molar-refractivity contribution in [2.24, 2.45) is 0 Å². The first-order valence-electron chi connectivity index (χ1n) is 7.25. The molecule has 1 saturated heterocycles. The number of halogens is 1. The topological polar surface area (TPSA) is 21.3 Å². The summed E-state index contributed by atoms with van der Waals surface area (Å²) in [5.41, 5.74) is 1.39. The Kier molecular flexibility index (Phi) is 3.71. The summed E-state index contributed by atoms with van der Waals surface area (Å²) in [6.45, 7) is 4.23. The van der Waals surface area contributed by atoms with Gasteiger partial charge in [-0.1, -0.05) is 40.9 Å². The summed E-state index contributed by atoms with van der Waals surface area (Å²) in [5.74, 6) is 0. The molecule has 3 rings (SSSR count). The molecule has 1 aromatic rings. The van der Waals surface area contributed by atoms with Crippen molar-refractivity contribution in [3.63, 3.8) is 0 Å². The van der Waals surface area contributed by atoms with Gasteiger partial charge in [0.15, 0.2) is 0 Å². The maximum atomic E-state index is 6.58. The molecule has 2 nitrogen and oxygen atoms in total. The fourth-order valence-electron chi connectivity index (χ4n) is 3.58. The molecule has 0 bridgehead atoms. The average Bonchev–Trinajstić information content (AvgIpc) is 2.79. The van der Waals surface area contributed by atoms with Gasteiger partial charge in [-0.15, -0.1) is 0 Å². The van der Waals surface area contributed by atoms with E-state index >= 15 is 0 Å². The summed E-state index contributed by atoms with van der Waals surface area (Å²) in [7, 11) is 0. The van der Waals surface area contributed by atoms with E-state index in [4.69, 9.17) is 4.74 Å². The number of hydrogen-bond donors (Lipinski definition) is 1. The molecule has 1 N–H and O–H groups in total. The van der Waals surface area contributed by atoms with Crippen LogP contribution in [0.3, 0.4) is 0 Å². The Labute approximate surface area is 124 Å². The van der Waals surface area contributed by atoms with E-state index in [1.807, 2.05) is 0 Å². The average molecular weight is 324 g/mol. The molecule has 1 heterocycles. The first-order valence-corrected chi connectivity index (χ1v) is 8.04. The number of benzene rings is 1. The highest BCUT2D eigenvalue weighted by molar-refractivity contribution is 9.10. The standard InChI is InChI=1S/C16H22BrNO/c1-15(10-13-4-6-14(17)7-5-13)11-18-12-16(19-15)8-2-3-9-16/h4-7,18H,2-3,8-12H2,1H3.